The van der Waals surface area contributed by atoms with Gasteiger partial charge in [-0.1, -0.05) is 53.4 Å². The summed E-state index contributed by atoms with van der Waals surface area (Å²) in [5.41, 5.74) is 0. The lowest BCUT2D eigenvalue weighted by atomic mass is 10.1. The zero-order valence-electron chi connectivity index (χ0n) is 19.0. The van der Waals surface area contributed by atoms with Gasteiger partial charge in [0.1, 0.15) is 18.3 Å². The maximum atomic E-state index is 11.8. The Morgan fingerprint density at radius 2 is 1.24 bits per heavy atom. The van der Waals surface area contributed by atoms with Crippen molar-refractivity contribution < 1.29 is 28.6 Å². The number of carbonyl (C=O) groups excluding carboxylic acids is 2. The molecule has 0 unspecified atom stereocenters. The van der Waals surface area contributed by atoms with E-state index in [0.717, 1.165) is 57.7 Å². The van der Waals surface area contributed by atoms with Crippen LogP contribution in [0.15, 0.2) is 0 Å². The minimum absolute atomic E-state index is 0.190. The molecule has 172 valence electrons. The van der Waals surface area contributed by atoms with E-state index in [1.54, 1.807) is 0 Å². The second kappa shape index (κ2) is 20.3. The molecule has 7 nitrogen and oxygen atoms in total. The molecule has 0 rings (SSSR count). The Bertz CT molecular complexity index is 382. The molecule has 0 aromatic carbocycles. The first-order chi connectivity index (χ1) is 14.2. The smallest absolute Gasteiger partial charge is 0.233 e. The van der Waals surface area contributed by atoms with Gasteiger partial charge in [0.05, 0.1) is 13.2 Å². The van der Waals surface area contributed by atoms with Gasteiger partial charge in [-0.2, -0.15) is 0 Å². The Morgan fingerprint density at radius 3 is 1.76 bits per heavy atom. The molecule has 1 amide bonds. The van der Waals surface area contributed by atoms with Gasteiger partial charge in [0, 0.05) is 19.8 Å². The van der Waals surface area contributed by atoms with Gasteiger partial charge in [-0.05, 0) is 25.7 Å². The maximum Gasteiger partial charge on any atom is 0.233 e. The van der Waals surface area contributed by atoms with Crippen LogP contribution >= 0.6 is 0 Å². The number of hydrogen-bond donors (Lipinski definition) is 0. The highest BCUT2D eigenvalue weighted by molar-refractivity contribution is 5.57. The van der Waals surface area contributed by atoms with Gasteiger partial charge in [-0.15, -0.1) is 0 Å². The molecule has 3 atom stereocenters. The van der Waals surface area contributed by atoms with Gasteiger partial charge in [0.15, 0.2) is 6.29 Å². The Labute approximate surface area is 177 Å². The average Bonchev–Trinajstić information content (AvgIpc) is 2.73. The van der Waals surface area contributed by atoms with Crippen molar-refractivity contribution in [1.82, 2.24) is 5.06 Å². The summed E-state index contributed by atoms with van der Waals surface area (Å²) < 4.78 is 17.9. The third-order valence-electron chi connectivity index (χ3n) is 4.50. The van der Waals surface area contributed by atoms with Crippen molar-refractivity contribution in [3.05, 3.63) is 0 Å². The van der Waals surface area contributed by atoms with E-state index in [0.29, 0.717) is 32.8 Å². The van der Waals surface area contributed by atoms with Crippen LogP contribution in [0.25, 0.3) is 0 Å². The van der Waals surface area contributed by atoms with Crippen molar-refractivity contribution in [3.8, 4) is 0 Å². The lowest BCUT2D eigenvalue weighted by Gasteiger charge is -2.33. The fraction of sp³-hybridized carbons (Fsp3) is 0.909. The summed E-state index contributed by atoms with van der Waals surface area (Å²) in [5, 5.41) is 1.25. The Kier molecular flexibility index (Phi) is 19.5. The minimum atomic E-state index is -0.742. The van der Waals surface area contributed by atoms with Crippen LogP contribution < -0.4 is 0 Å². The van der Waals surface area contributed by atoms with E-state index in [9.17, 15) is 9.59 Å². The van der Waals surface area contributed by atoms with Crippen molar-refractivity contribution in [2.45, 2.75) is 97.4 Å². The predicted octanol–water partition coefficient (Wildman–Crippen LogP) is 3.93. The zero-order chi connectivity index (χ0) is 21.7. The first-order valence-corrected chi connectivity index (χ1v) is 11.3. The van der Waals surface area contributed by atoms with Crippen LogP contribution in [0.3, 0.4) is 0 Å². The molecule has 0 aromatic heterocycles. The van der Waals surface area contributed by atoms with Crippen molar-refractivity contribution >= 4 is 12.7 Å². The lowest BCUT2D eigenvalue weighted by molar-refractivity contribution is -0.199. The van der Waals surface area contributed by atoms with Crippen LogP contribution in [-0.4, -0.2) is 69.0 Å². The number of rotatable bonds is 22. The normalized spacial score (nSPS) is 14.3. The summed E-state index contributed by atoms with van der Waals surface area (Å²) in [4.78, 5) is 28.9. The molecule has 0 saturated heterocycles. The molecule has 0 bridgehead atoms. The SMILES string of the molecule is CCCCO[C@@H]([C@@H](C=O)OCCCC)[C@@H](CN(C=O)OCCCC)OCCCC. The van der Waals surface area contributed by atoms with Crippen LogP contribution in [0.1, 0.15) is 79.1 Å². The van der Waals surface area contributed by atoms with Crippen LogP contribution in [0, 0.1) is 0 Å². The van der Waals surface area contributed by atoms with Crippen molar-refractivity contribution in [1.29, 1.82) is 0 Å². The van der Waals surface area contributed by atoms with E-state index >= 15 is 0 Å². The summed E-state index contributed by atoms with van der Waals surface area (Å²) in [6, 6.07) is 0. The molecule has 0 saturated carbocycles. The molecule has 0 fully saturated rings. The van der Waals surface area contributed by atoms with E-state index in [1.165, 1.54) is 5.06 Å². The number of amides is 1. The molecule has 0 aliphatic rings. The summed E-state index contributed by atoms with van der Waals surface area (Å²) in [6.07, 6.45) is 7.02. The van der Waals surface area contributed by atoms with Crippen molar-refractivity contribution in [3.63, 3.8) is 0 Å². The molecule has 0 aliphatic carbocycles. The Morgan fingerprint density at radius 1 is 0.724 bits per heavy atom. The molecular formula is C22H43NO6. The minimum Gasteiger partial charge on any atom is -0.373 e. The summed E-state index contributed by atoms with van der Waals surface area (Å²) in [7, 11) is 0. The van der Waals surface area contributed by atoms with E-state index in [-0.39, 0.29) is 6.54 Å². The largest absolute Gasteiger partial charge is 0.373 e. The van der Waals surface area contributed by atoms with Crippen LogP contribution in [0.5, 0.6) is 0 Å². The second-order valence-electron chi connectivity index (χ2n) is 7.17. The molecule has 7 heteroatoms. The number of hydroxylamine groups is 2. The van der Waals surface area contributed by atoms with Crippen LogP contribution in [0.4, 0.5) is 0 Å². The highest BCUT2D eigenvalue weighted by Crippen LogP contribution is 2.15. The number of nitrogens with zero attached hydrogens (tertiary/aromatic N) is 1. The van der Waals surface area contributed by atoms with Gasteiger partial charge < -0.3 is 19.0 Å². The van der Waals surface area contributed by atoms with Gasteiger partial charge >= 0.3 is 0 Å². The molecule has 29 heavy (non-hydrogen) atoms. The Balaban J connectivity index is 5.29. The fourth-order valence-electron chi connectivity index (χ4n) is 2.61. The predicted molar refractivity (Wildman–Crippen MR) is 114 cm³/mol. The Hall–Kier alpha value is -1.02. The molecule has 0 heterocycles. The number of aldehydes is 1. The van der Waals surface area contributed by atoms with Gasteiger partial charge in [-0.3, -0.25) is 9.63 Å². The average molecular weight is 418 g/mol. The molecule has 0 aromatic rings. The van der Waals surface area contributed by atoms with Gasteiger partial charge in [0.25, 0.3) is 0 Å². The third kappa shape index (κ3) is 13.8. The van der Waals surface area contributed by atoms with E-state index < -0.39 is 18.3 Å². The number of hydrogen-bond acceptors (Lipinski definition) is 6. The van der Waals surface area contributed by atoms with Crippen molar-refractivity contribution in [2.75, 3.05) is 33.0 Å². The van der Waals surface area contributed by atoms with Gasteiger partial charge in [0.2, 0.25) is 6.41 Å². The molecule has 0 N–H and O–H groups in total. The van der Waals surface area contributed by atoms with E-state index in [2.05, 4.69) is 27.7 Å². The lowest BCUT2D eigenvalue weighted by Crippen LogP contribution is -2.49. The van der Waals surface area contributed by atoms with Crippen LogP contribution in [-0.2, 0) is 28.6 Å². The number of ether oxygens (including phenoxy) is 3. The molecule has 0 spiro atoms. The van der Waals surface area contributed by atoms with Gasteiger partial charge in [-0.25, -0.2) is 5.06 Å². The highest BCUT2D eigenvalue weighted by atomic mass is 16.7. The first kappa shape index (κ1) is 28.0. The quantitative estimate of drug-likeness (QED) is 0.151. The van der Waals surface area contributed by atoms with E-state index in [4.69, 9.17) is 19.0 Å². The molecule has 0 aliphatic heterocycles. The fourth-order valence-corrected chi connectivity index (χ4v) is 2.61. The zero-order valence-corrected chi connectivity index (χ0v) is 19.0. The monoisotopic (exact) mass is 417 g/mol. The maximum absolute atomic E-state index is 11.8. The van der Waals surface area contributed by atoms with E-state index in [1.807, 2.05) is 0 Å². The molecule has 0 radical (unpaired) electrons. The highest BCUT2D eigenvalue weighted by Gasteiger charge is 2.33. The topological polar surface area (TPSA) is 74.3 Å². The van der Waals surface area contributed by atoms with Crippen LogP contribution in [0.2, 0.25) is 0 Å². The summed E-state index contributed by atoms with van der Waals surface area (Å²) in [5.74, 6) is 0. The summed E-state index contributed by atoms with van der Waals surface area (Å²) in [6.45, 7) is 10.5. The summed E-state index contributed by atoms with van der Waals surface area (Å²) >= 11 is 0. The number of unbranched alkanes of at least 4 members (excludes halogenated alkanes) is 4. The third-order valence-corrected chi connectivity index (χ3v) is 4.50. The number of carbonyl (C=O) groups is 2. The second-order valence-corrected chi connectivity index (χ2v) is 7.17. The standard InChI is InChI=1S/C22H43NO6/c1-5-9-13-26-20(17-23(19-25)29-16-12-8-4)22(28-15-11-7-3)21(18-24)27-14-10-6-2/h18-22H,5-17H2,1-4H3/t20-,21-,22-/m1/s1. The van der Waals surface area contributed by atoms with Crippen molar-refractivity contribution in [2.24, 2.45) is 0 Å². The first-order valence-electron chi connectivity index (χ1n) is 11.3. The molecular weight excluding hydrogens is 374 g/mol.